The van der Waals surface area contributed by atoms with E-state index >= 15 is 0 Å². The van der Waals surface area contributed by atoms with Gasteiger partial charge in [-0.2, -0.15) is 4.21 Å². The van der Waals surface area contributed by atoms with Gasteiger partial charge in [0.2, 0.25) is 10.4 Å². The lowest BCUT2D eigenvalue weighted by Gasteiger charge is -2.35. The number of nitrogens with zero attached hydrogens (tertiary/aromatic N) is 2. The number of rotatable bonds is 98. The molecule has 0 rings (SSSR count). The van der Waals surface area contributed by atoms with Gasteiger partial charge in [0.1, 0.15) is 32.5 Å². The van der Waals surface area contributed by atoms with Crippen molar-refractivity contribution in [2.75, 3.05) is 332 Å². The van der Waals surface area contributed by atoms with Crippen LogP contribution in [-0.2, 0) is 227 Å². The van der Waals surface area contributed by atoms with E-state index < -0.39 is 27.2 Å². The fourth-order valence-corrected chi connectivity index (χ4v) is 8.65. The van der Waals surface area contributed by atoms with Crippen LogP contribution >= 0.6 is 0 Å². The highest BCUT2D eigenvalue weighted by Crippen LogP contribution is 2.33. The van der Waals surface area contributed by atoms with Crippen molar-refractivity contribution in [2.45, 2.75) is 32.1 Å². The summed E-state index contributed by atoms with van der Waals surface area (Å²) in [5.41, 5.74) is 0. The van der Waals surface area contributed by atoms with Crippen LogP contribution in [0.5, 0.6) is 0 Å². The molecule has 146 heavy (non-hydrogen) atoms. The van der Waals surface area contributed by atoms with Crippen LogP contribution in [0, 0.1) is 0 Å². The molecule has 0 heterocycles. The van der Waals surface area contributed by atoms with Gasteiger partial charge in [-0.15, -0.1) is 224 Å². The van der Waals surface area contributed by atoms with Gasteiger partial charge in [-0.3, -0.25) is 9.22 Å². The van der Waals surface area contributed by atoms with Crippen molar-refractivity contribution in [3.8, 4) is 0 Å². The second-order valence-electron chi connectivity index (χ2n) is 22.3. The van der Waals surface area contributed by atoms with Crippen LogP contribution in [0.3, 0.4) is 0 Å². The Morgan fingerprint density at radius 3 is 0.548 bits per heavy atom. The molecule has 0 amide bonds. The van der Waals surface area contributed by atoms with Crippen molar-refractivity contribution in [1.29, 1.82) is 0 Å². The lowest BCUT2D eigenvalue weighted by molar-refractivity contribution is -0.890. The van der Waals surface area contributed by atoms with Crippen molar-refractivity contribution in [1.82, 2.24) is 0 Å². The first-order chi connectivity index (χ1) is 71.6. The Hall–Kier alpha value is -7.33. The first-order valence-corrected chi connectivity index (χ1v) is 46.8. The molecule has 0 fully saturated rings. The monoisotopic (exact) mass is 2180 g/mol. The molecule has 0 unspecified atom stereocenters. The van der Waals surface area contributed by atoms with E-state index in [1.54, 1.807) is 14.1 Å². The number of hydrogen-bond donors (Lipinski definition) is 0. The van der Waals surface area contributed by atoms with E-state index in [0.29, 0.717) is 264 Å². The zero-order valence-corrected chi connectivity index (χ0v) is 90.3. The van der Waals surface area contributed by atoms with Gasteiger partial charge < -0.3 is 128 Å². The Kier molecular flexibility index (Phi) is 242. The summed E-state index contributed by atoms with van der Waals surface area (Å²) in [6.45, 7) is 130. The molecule has 0 saturated heterocycles. The topological polar surface area (TPSA) is 502 Å². The summed E-state index contributed by atoms with van der Waals surface area (Å²) in [5, 5.41) is 67.5. The smallest absolute Gasteiger partial charge is 0.394 e. The largest absolute Gasteiger partial charge is 0.726 e. The van der Waals surface area contributed by atoms with E-state index in [4.69, 9.17) is 104 Å². The van der Waals surface area contributed by atoms with Crippen LogP contribution in [-0.4, -0.2) is 365 Å². The molecular weight excluding hydrogens is 1990 g/mol. The maximum atomic E-state index is 13.5. The van der Waals surface area contributed by atoms with Gasteiger partial charge in [0.15, 0.2) is 0 Å². The normalized spacial score (nSPS) is 10.1. The molecule has 0 spiro atoms. The molecule has 0 aliphatic rings. The van der Waals surface area contributed by atoms with E-state index in [0.717, 1.165) is 55.8 Å². The van der Waals surface area contributed by atoms with Crippen LogP contribution in [0.4, 0.5) is 0 Å². The van der Waals surface area contributed by atoms with Crippen molar-refractivity contribution < 1.29 is 238 Å². The number of hydrogen-bond acceptors (Lipinski definition) is 48. The number of ether oxygens (including phenoxy) is 20. The first kappa shape index (κ1) is 184. The fraction of sp³-hybridized carbons (Fsp3) is 0.585. The van der Waals surface area contributed by atoms with Gasteiger partial charge in [-0.25, -0.2) is 12.6 Å². The minimum atomic E-state index is -6.44. The second-order valence-corrected chi connectivity index (χ2v) is 25.3. The summed E-state index contributed by atoms with van der Waals surface area (Å²) >= 11 is 0. The third kappa shape index (κ3) is 198. The quantitative estimate of drug-likeness (QED) is 0.00797. The van der Waals surface area contributed by atoms with Gasteiger partial charge in [0.05, 0.1) is 305 Å². The second kappa shape index (κ2) is 192. The molecule has 50 nitrogen and oxygen atoms in total. The van der Waals surface area contributed by atoms with Crippen LogP contribution in [0.15, 0.2) is 249 Å². The molecule has 52 heteroatoms. The molecule has 876 valence electrons. The molecule has 0 N–H and O–H groups in total. The Labute approximate surface area is 874 Å². The molecule has 0 aromatic heterocycles. The average molecular weight is 2180 g/mol. The maximum Gasteiger partial charge on any atom is 0.394 e. The highest BCUT2D eigenvalue weighted by molar-refractivity contribution is 8.02. The van der Waals surface area contributed by atoms with E-state index in [-0.39, 0.29) is 30.8 Å². The Morgan fingerprint density at radius 1 is 0.219 bits per heavy atom. The molecule has 0 saturated carbocycles. The summed E-state index contributed by atoms with van der Waals surface area (Å²) in [4.78, 5) is 16.1. The lowest BCUT2D eigenvalue weighted by atomic mass is 10.3. The Morgan fingerprint density at radius 2 is 0.370 bits per heavy atom. The van der Waals surface area contributed by atoms with Crippen LogP contribution in [0.1, 0.15) is 32.1 Å². The number of quaternary nitrogens is 2. The number of carbonyl (C=O) groups excluding carboxylic acids is 1. The Balaban J connectivity index is -0.000000236. The van der Waals surface area contributed by atoms with Crippen molar-refractivity contribution in [3.05, 3.63) is 249 Å². The van der Waals surface area contributed by atoms with Gasteiger partial charge in [-0.1, -0.05) is 26.2 Å². The van der Waals surface area contributed by atoms with E-state index in [2.05, 4.69) is 353 Å². The molecule has 0 aromatic carbocycles. The number of unbranched alkanes of at least 4 members (excludes halogenated alkanes) is 1. The van der Waals surface area contributed by atoms with Gasteiger partial charge in [0, 0.05) is 72.8 Å². The van der Waals surface area contributed by atoms with Gasteiger partial charge in [-0.05, 0) is 43.1 Å². The van der Waals surface area contributed by atoms with Crippen LogP contribution in [0.25, 0.3) is 0 Å². The molecule has 0 atom stereocenters. The molecule has 0 aliphatic carbocycles. The Bertz CT molecular complexity index is 2330. The molecule has 0 aliphatic heterocycles. The highest BCUT2D eigenvalue weighted by atomic mass is 32.3. The SMILES string of the molecule is C=C.C=C.C=C.C=C.C=C.C=C.C=C.C=C.C=C.C=C.C=C.C=C.C=C.C=C.C=C.C=C.C=C.C=COOOOOOOOOS(=O)(OCC[N+](C)(C)CCCOCCCCOCCC[N+](C)(C)CCCOCCOCCOCCOCCOCCOCCOCCOCCOCCOCCOCCOCCOCCOCCOCCOCCOCCOCCOS(=O)(=O)[O-])(OO[O-])OOOOOOOOOC=C.C=O. The zero-order valence-electron chi connectivity index (χ0n) is 88.7. The van der Waals surface area contributed by atoms with Crippen LogP contribution in [0.2, 0.25) is 0 Å². The zero-order chi connectivity index (χ0) is 116. The summed E-state index contributed by atoms with van der Waals surface area (Å²) in [6.07, 6.45) is 5.67. The highest BCUT2D eigenvalue weighted by Gasteiger charge is 2.50. The number of carbonyl (C=O) groups is 1. The van der Waals surface area contributed by atoms with Gasteiger partial charge >= 0.3 is 10.2 Å². The van der Waals surface area contributed by atoms with Crippen LogP contribution < -0.4 is 5.26 Å². The van der Waals surface area contributed by atoms with Crippen molar-refractivity contribution in [3.63, 3.8) is 0 Å². The molecular formula is C94H190N2O48S2. The minimum Gasteiger partial charge on any atom is -0.726 e. The average Bonchev–Trinajstić information content (AvgIpc) is 0.784. The van der Waals surface area contributed by atoms with Gasteiger partial charge in [0.25, 0.3) is 0 Å². The minimum absolute atomic E-state index is 0.0251. The fourth-order valence-electron chi connectivity index (χ4n) is 7.53. The maximum absolute atomic E-state index is 13.5. The van der Waals surface area contributed by atoms with Crippen molar-refractivity contribution in [2.24, 2.45) is 0 Å². The summed E-state index contributed by atoms with van der Waals surface area (Å²) in [6, 6.07) is 0. The predicted molar refractivity (Wildman–Crippen MR) is 553 cm³/mol. The molecule has 0 bridgehead atoms. The summed E-state index contributed by atoms with van der Waals surface area (Å²) in [7, 11) is -3.19. The lowest BCUT2D eigenvalue weighted by Crippen LogP contribution is -2.49. The third-order valence-electron chi connectivity index (χ3n) is 12.7. The predicted octanol–water partition coefficient (Wildman–Crippen LogP) is 13.3. The molecule has 0 radical (unpaired) electrons. The van der Waals surface area contributed by atoms with E-state index in [1.807, 2.05) is 6.79 Å². The molecule has 0 aromatic rings. The van der Waals surface area contributed by atoms with E-state index in [1.165, 1.54) is 0 Å². The third-order valence-corrected chi connectivity index (χ3v) is 14.5. The summed E-state index contributed by atoms with van der Waals surface area (Å²) in [5.74, 6) is 0. The van der Waals surface area contributed by atoms with E-state index in [9.17, 15) is 22.4 Å². The summed E-state index contributed by atoms with van der Waals surface area (Å²) < 4.78 is 177. The first-order valence-electron chi connectivity index (χ1n) is 43.8. The van der Waals surface area contributed by atoms with Crippen molar-refractivity contribution >= 4 is 27.4 Å². The standard InChI is InChI=1S/C59H120N2O47S2.17C2H4.CH2O/c1-7-87-92-94-96-98-100-102-104-107-110(66,106-91-62,108-105-103-101-99-97-95-93-88-8-2)90-23-17-61(5,6)16-13-21-68-19-10-9-18-67-20-11-14-60(3,4)15-12-22-69-24-25-70-26-27-71-28-29-72-30-31-73-32-33-74-34-35-75-36-37-76-38-39-77-40-41-78-42-43-79-44-45-80-46-47-81-48-49-82-50-51-83-52-53-84-54-55-85-56-57-86-58-59-89-109(63,64)65;18*1-2/h7-8H,1-2,9-59H2,3-6H3;17*1-2H2;1H2. The number of likely N-dealkylation sites (N-methyl/N-ethyl adjacent to an activating group) is 1.